The molecule has 2 heterocycles. The van der Waals surface area contributed by atoms with E-state index in [0.717, 1.165) is 22.3 Å². The second-order valence-corrected chi connectivity index (χ2v) is 8.24. The van der Waals surface area contributed by atoms with Gasteiger partial charge in [0.15, 0.2) is 0 Å². The Balaban J connectivity index is 1.24. The van der Waals surface area contributed by atoms with Crippen LogP contribution >= 0.6 is 0 Å². The molecule has 0 bridgehead atoms. The van der Waals surface area contributed by atoms with Crippen molar-refractivity contribution in [1.29, 1.82) is 0 Å². The van der Waals surface area contributed by atoms with E-state index in [-0.39, 0.29) is 19.1 Å². The first-order valence-electron chi connectivity index (χ1n) is 11.2. The van der Waals surface area contributed by atoms with Crippen molar-refractivity contribution in [1.82, 2.24) is 19.9 Å². The Morgan fingerprint density at radius 3 is 2.70 bits per heavy atom. The van der Waals surface area contributed by atoms with Crippen molar-refractivity contribution < 1.29 is 14.3 Å². The molecule has 2 aromatic heterocycles. The van der Waals surface area contributed by atoms with Crippen LogP contribution in [0, 0.1) is 5.92 Å². The zero-order valence-electron chi connectivity index (χ0n) is 18.3. The lowest BCUT2D eigenvalue weighted by Gasteiger charge is -2.11. The van der Waals surface area contributed by atoms with Gasteiger partial charge in [-0.3, -0.25) is 4.79 Å². The van der Waals surface area contributed by atoms with Crippen molar-refractivity contribution in [3.8, 4) is 11.6 Å². The maximum Gasteiger partial charge on any atom is 0.240 e. The zero-order valence-corrected chi connectivity index (χ0v) is 18.3. The number of amides is 1. The quantitative estimate of drug-likeness (QED) is 0.400. The molecule has 7 heteroatoms. The van der Waals surface area contributed by atoms with Gasteiger partial charge in [0.1, 0.15) is 24.7 Å². The number of para-hydroxylation sites is 3. The van der Waals surface area contributed by atoms with Crippen molar-refractivity contribution >= 4 is 16.9 Å². The minimum atomic E-state index is -0.101. The van der Waals surface area contributed by atoms with Crippen LogP contribution in [-0.2, 0) is 24.5 Å². The summed E-state index contributed by atoms with van der Waals surface area (Å²) in [6.07, 6.45) is 4.18. The summed E-state index contributed by atoms with van der Waals surface area (Å²) in [6.45, 7) is 1.55. The normalized spacial score (nSPS) is 13.1. The number of benzene rings is 2. The Hall–Kier alpha value is -3.87. The minimum Gasteiger partial charge on any atom is -0.486 e. The third-order valence-electron chi connectivity index (χ3n) is 5.60. The molecule has 1 N–H and O–H groups in total. The summed E-state index contributed by atoms with van der Waals surface area (Å²) in [5, 5.41) is 3.00. The van der Waals surface area contributed by atoms with Gasteiger partial charge in [0.25, 0.3) is 0 Å². The molecular formula is C26H26N4O3. The standard InChI is InChI=1S/C26H26N4O3/c31-25(28-15-20-12-13-27-26(14-20)33-17-19-10-11-19)16-30-23-9-5-4-8-22(23)29-24(30)18-32-21-6-2-1-3-7-21/h1-9,12-14,19H,10-11,15-18H2,(H,28,31). The highest BCUT2D eigenvalue weighted by Crippen LogP contribution is 2.29. The van der Waals surface area contributed by atoms with Gasteiger partial charge in [-0.25, -0.2) is 9.97 Å². The number of imidazole rings is 1. The van der Waals surface area contributed by atoms with Gasteiger partial charge in [0, 0.05) is 18.8 Å². The predicted octanol–water partition coefficient (Wildman–Crippen LogP) is 4.12. The molecule has 1 aliphatic carbocycles. The first-order valence-corrected chi connectivity index (χ1v) is 11.2. The van der Waals surface area contributed by atoms with E-state index >= 15 is 0 Å². The Bertz CT molecular complexity index is 1230. The summed E-state index contributed by atoms with van der Waals surface area (Å²) >= 11 is 0. The van der Waals surface area contributed by atoms with Crippen LogP contribution in [0.5, 0.6) is 11.6 Å². The Labute approximate surface area is 192 Å². The third kappa shape index (κ3) is 5.49. The van der Waals surface area contributed by atoms with Crippen LogP contribution in [0.25, 0.3) is 11.0 Å². The van der Waals surface area contributed by atoms with Crippen LogP contribution < -0.4 is 14.8 Å². The zero-order chi connectivity index (χ0) is 22.5. The molecular weight excluding hydrogens is 416 g/mol. The summed E-state index contributed by atoms with van der Waals surface area (Å²) in [7, 11) is 0. The molecule has 0 spiro atoms. The van der Waals surface area contributed by atoms with Gasteiger partial charge in [-0.2, -0.15) is 0 Å². The summed E-state index contributed by atoms with van der Waals surface area (Å²) in [4.78, 5) is 21.8. The van der Waals surface area contributed by atoms with Gasteiger partial charge >= 0.3 is 0 Å². The molecule has 0 aliphatic heterocycles. The highest BCUT2D eigenvalue weighted by molar-refractivity contribution is 5.81. The van der Waals surface area contributed by atoms with Gasteiger partial charge in [0.2, 0.25) is 11.8 Å². The maximum atomic E-state index is 12.8. The average molecular weight is 443 g/mol. The number of carbonyl (C=O) groups is 1. The molecule has 4 aromatic rings. The molecule has 1 fully saturated rings. The minimum absolute atomic E-state index is 0.101. The highest BCUT2D eigenvalue weighted by Gasteiger charge is 2.22. The SMILES string of the molecule is O=C(Cn1c(COc2ccccc2)nc2ccccc21)NCc1ccnc(OCC2CC2)c1. The number of carbonyl (C=O) groups excluding carboxylic acids is 1. The number of rotatable bonds is 10. The second-order valence-electron chi connectivity index (χ2n) is 8.24. The lowest BCUT2D eigenvalue weighted by atomic mass is 10.2. The van der Waals surface area contributed by atoms with E-state index in [1.54, 1.807) is 6.20 Å². The number of hydrogen-bond acceptors (Lipinski definition) is 5. The monoisotopic (exact) mass is 442 g/mol. The number of fused-ring (bicyclic) bond motifs is 1. The molecule has 1 aliphatic rings. The molecule has 0 atom stereocenters. The summed E-state index contributed by atoms with van der Waals surface area (Å²) in [5.41, 5.74) is 2.69. The van der Waals surface area contributed by atoms with E-state index in [4.69, 9.17) is 9.47 Å². The first kappa shape index (κ1) is 21.0. The van der Waals surface area contributed by atoms with E-state index in [1.807, 2.05) is 71.3 Å². The van der Waals surface area contributed by atoms with Crippen LogP contribution in [0.4, 0.5) is 0 Å². The molecule has 1 amide bonds. The van der Waals surface area contributed by atoms with Crippen molar-refractivity contribution in [2.24, 2.45) is 5.92 Å². The van der Waals surface area contributed by atoms with Crippen molar-refractivity contribution in [3.63, 3.8) is 0 Å². The van der Waals surface area contributed by atoms with E-state index in [0.29, 0.717) is 30.8 Å². The number of nitrogens with zero attached hydrogens (tertiary/aromatic N) is 3. The topological polar surface area (TPSA) is 78.3 Å². The van der Waals surface area contributed by atoms with E-state index in [2.05, 4.69) is 15.3 Å². The van der Waals surface area contributed by atoms with Crippen molar-refractivity contribution in [2.75, 3.05) is 6.61 Å². The van der Waals surface area contributed by atoms with E-state index < -0.39 is 0 Å². The van der Waals surface area contributed by atoms with Gasteiger partial charge < -0.3 is 19.4 Å². The van der Waals surface area contributed by atoms with Gasteiger partial charge in [-0.15, -0.1) is 0 Å². The summed E-state index contributed by atoms with van der Waals surface area (Å²) < 4.78 is 13.5. The fraction of sp³-hybridized carbons (Fsp3) is 0.269. The third-order valence-corrected chi connectivity index (χ3v) is 5.60. The lowest BCUT2D eigenvalue weighted by Crippen LogP contribution is -2.28. The number of ether oxygens (including phenoxy) is 2. The Morgan fingerprint density at radius 2 is 1.85 bits per heavy atom. The van der Waals surface area contributed by atoms with Crippen LogP contribution in [0.1, 0.15) is 24.2 Å². The Kier molecular flexibility index (Phi) is 6.19. The fourth-order valence-corrected chi connectivity index (χ4v) is 3.60. The molecule has 2 aromatic carbocycles. The molecule has 33 heavy (non-hydrogen) atoms. The van der Waals surface area contributed by atoms with Crippen LogP contribution in [-0.4, -0.2) is 27.0 Å². The molecule has 0 radical (unpaired) electrons. The lowest BCUT2D eigenvalue weighted by molar-refractivity contribution is -0.121. The van der Waals surface area contributed by atoms with Crippen LogP contribution in [0.3, 0.4) is 0 Å². The molecule has 1 saturated carbocycles. The van der Waals surface area contributed by atoms with Crippen molar-refractivity contribution in [2.45, 2.75) is 32.5 Å². The van der Waals surface area contributed by atoms with Gasteiger partial charge in [-0.05, 0) is 54.7 Å². The summed E-state index contributed by atoms with van der Waals surface area (Å²) in [5.74, 6) is 2.64. The fourth-order valence-electron chi connectivity index (χ4n) is 3.60. The van der Waals surface area contributed by atoms with Gasteiger partial charge in [0.05, 0.1) is 17.6 Å². The summed E-state index contributed by atoms with van der Waals surface area (Å²) in [6, 6.07) is 21.1. The molecule has 0 unspecified atom stereocenters. The number of nitrogens with one attached hydrogen (secondary N) is 1. The highest BCUT2D eigenvalue weighted by atomic mass is 16.5. The molecule has 5 rings (SSSR count). The molecule has 168 valence electrons. The number of hydrogen-bond donors (Lipinski definition) is 1. The average Bonchev–Trinajstić information content (AvgIpc) is 3.63. The van der Waals surface area contributed by atoms with Crippen molar-refractivity contribution in [3.05, 3.63) is 84.3 Å². The number of pyridine rings is 1. The van der Waals surface area contributed by atoms with E-state index in [1.165, 1.54) is 12.8 Å². The molecule has 7 nitrogen and oxygen atoms in total. The van der Waals surface area contributed by atoms with Crippen LogP contribution in [0.15, 0.2) is 72.9 Å². The number of aromatic nitrogens is 3. The maximum absolute atomic E-state index is 12.8. The van der Waals surface area contributed by atoms with Gasteiger partial charge in [-0.1, -0.05) is 30.3 Å². The largest absolute Gasteiger partial charge is 0.486 e. The Morgan fingerprint density at radius 1 is 1.03 bits per heavy atom. The smallest absolute Gasteiger partial charge is 0.240 e. The first-order chi connectivity index (χ1) is 16.2. The predicted molar refractivity (Wildman–Crippen MR) is 125 cm³/mol. The second kappa shape index (κ2) is 9.73. The molecule has 0 saturated heterocycles. The van der Waals surface area contributed by atoms with E-state index in [9.17, 15) is 4.79 Å². The van der Waals surface area contributed by atoms with Crippen LogP contribution in [0.2, 0.25) is 0 Å².